The van der Waals surface area contributed by atoms with Crippen LogP contribution in [0.3, 0.4) is 0 Å². The molecular weight excluding hydrogens is 1170 g/mol. The predicted octanol–water partition coefficient (Wildman–Crippen LogP) is 0.767. The minimum absolute atomic E-state index is 0. The number of likely N-dealkylation sites (tertiary alicyclic amines) is 1. The molecule has 1 aromatic carbocycles. The number of aliphatic carboxylic acids is 5. The van der Waals surface area contributed by atoms with E-state index in [1.54, 1.807) is 19.6 Å². The summed E-state index contributed by atoms with van der Waals surface area (Å²) in [7, 11) is 0. The number of thiocarbonyl (C=S) groups is 1. The minimum Gasteiger partial charge on any atom is -0.481 e. The summed E-state index contributed by atoms with van der Waals surface area (Å²) in [6, 6.07) is 6.87. The Labute approximate surface area is 483 Å². The number of ketones is 2. The number of carbonyl (C=O) groups is 10. The number of thioether (sulfide) groups is 1. The van der Waals surface area contributed by atoms with E-state index < -0.39 is 71.2 Å². The van der Waals surface area contributed by atoms with Crippen molar-refractivity contribution in [2.24, 2.45) is 23.2 Å². The van der Waals surface area contributed by atoms with Crippen LogP contribution in [0.1, 0.15) is 56.9 Å². The fourth-order valence-corrected chi connectivity index (χ4v) is 11.0. The molecule has 23 nitrogen and oxygen atoms in total. The van der Waals surface area contributed by atoms with E-state index >= 15 is 0 Å². The topological polar surface area (TPSA) is 315 Å². The van der Waals surface area contributed by atoms with Crippen LogP contribution in [0.25, 0.3) is 0 Å². The number of unbranched alkanes of at least 4 members (excludes halogenated alkanes) is 1. The molecule has 1 saturated carbocycles. The summed E-state index contributed by atoms with van der Waals surface area (Å²) in [5.74, 6) is -8.52. The number of rotatable bonds is 28. The monoisotopic (exact) mass is 1240 g/mol. The SMILES string of the molecule is CSCC[C@H](CC(=O)C1CC2(C1)CN(C(=S)Nc1ccc(CC3CN(CC(=O)O)CCN(CC(=O)O)CCN(CC(=O)O)CCN3CC(=O)O)cc1)C2)C(=O)NCC(=O)C[C@@H](CCCCN1C(=O)C=CC1=O)C(=O)O.[Gd]. The summed E-state index contributed by atoms with van der Waals surface area (Å²) in [4.78, 5) is 132. The molecule has 3 heterocycles. The number of benzene rings is 1. The quantitative estimate of drug-likeness (QED) is 0.0346. The van der Waals surface area contributed by atoms with Crippen molar-refractivity contribution in [1.82, 2.24) is 34.7 Å². The summed E-state index contributed by atoms with van der Waals surface area (Å²) in [6.07, 6.45) is 6.93. The summed E-state index contributed by atoms with van der Waals surface area (Å²) in [5.41, 5.74) is 1.42. The second-order valence-corrected chi connectivity index (χ2v) is 21.5. The molecule has 3 atom stereocenters. The third-order valence-corrected chi connectivity index (χ3v) is 15.3. The van der Waals surface area contributed by atoms with Crippen LogP contribution in [0.4, 0.5) is 5.69 Å². The molecule has 1 spiro atoms. The molecule has 4 aliphatic rings. The third kappa shape index (κ3) is 20.7. The molecule has 1 unspecified atom stereocenters. The molecule has 7 N–H and O–H groups in total. The number of hydrogen-bond donors (Lipinski definition) is 7. The molecule has 1 aromatic rings. The Morgan fingerprint density at radius 2 is 1.28 bits per heavy atom. The van der Waals surface area contributed by atoms with Gasteiger partial charge in [-0.25, -0.2) is 0 Å². The van der Waals surface area contributed by atoms with Gasteiger partial charge in [0.1, 0.15) is 5.78 Å². The summed E-state index contributed by atoms with van der Waals surface area (Å²) in [5, 5.41) is 55.0. The maximum atomic E-state index is 13.5. The van der Waals surface area contributed by atoms with E-state index in [9.17, 15) is 73.5 Å². The molecule has 0 bridgehead atoms. The second-order valence-electron chi connectivity index (χ2n) is 20.1. The Balaban J connectivity index is 0.0000125. The number of imide groups is 1. The molecule has 3 fully saturated rings. The van der Waals surface area contributed by atoms with E-state index in [1.807, 2.05) is 35.4 Å². The first kappa shape index (κ1) is 64.0. The number of carboxylic acids is 5. The molecule has 5 rings (SSSR count). The Hall–Kier alpha value is -4.54. The van der Waals surface area contributed by atoms with Gasteiger partial charge in [0.05, 0.1) is 38.6 Å². The van der Waals surface area contributed by atoms with Gasteiger partial charge in [0.25, 0.3) is 11.8 Å². The fraction of sp³-hybridized carbons (Fsp3) is 0.620. The first-order chi connectivity index (χ1) is 35.6. The summed E-state index contributed by atoms with van der Waals surface area (Å²) >= 11 is 7.29. The average Bonchev–Trinajstić information content (AvgIpc) is 3.63. The van der Waals surface area contributed by atoms with Gasteiger partial charge in [-0.1, -0.05) is 18.6 Å². The predicted molar refractivity (Wildman–Crippen MR) is 278 cm³/mol. The Morgan fingerprint density at radius 1 is 0.724 bits per heavy atom. The van der Waals surface area contributed by atoms with Crippen molar-refractivity contribution in [3.63, 3.8) is 0 Å². The Bertz CT molecular complexity index is 2280. The van der Waals surface area contributed by atoms with Gasteiger partial charge in [0, 0.05) is 159 Å². The first-order valence-corrected chi connectivity index (χ1v) is 26.9. The molecular formula is C50H70GdN8O15S2. The number of hydrogen-bond acceptors (Lipinski definition) is 16. The van der Waals surface area contributed by atoms with E-state index in [0.29, 0.717) is 68.2 Å². The van der Waals surface area contributed by atoms with Crippen LogP contribution in [-0.4, -0.2) is 235 Å². The summed E-state index contributed by atoms with van der Waals surface area (Å²) in [6.45, 7) is 0.924. The molecule has 76 heavy (non-hydrogen) atoms. The number of nitrogens with one attached hydrogen (secondary N) is 2. The van der Waals surface area contributed by atoms with Crippen molar-refractivity contribution in [2.75, 3.05) is 115 Å². The van der Waals surface area contributed by atoms with Crippen molar-refractivity contribution in [3.8, 4) is 0 Å². The zero-order valence-electron chi connectivity index (χ0n) is 42.6. The smallest absolute Gasteiger partial charge is 0.317 e. The van der Waals surface area contributed by atoms with E-state index in [-0.39, 0.29) is 161 Å². The number of carboxylic acid groups (broad SMARTS) is 5. The Morgan fingerprint density at radius 3 is 1.83 bits per heavy atom. The molecule has 3 aliphatic heterocycles. The van der Waals surface area contributed by atoms with Gasteiger partial charge in [0.15, 0.2) is 10.9 Å². The average molecular weight is 1240 g/mol. The van der Waals surface area contributed by atoms with Crippen molar-refractivity contribution in [2.45, 2.75) is 63.8 Å². The van der Waals surface area contributed by atoms with Crippen molar-refractivity contribution >= 4 is 93.9 Å². The van der Waals surface area contributed by atoms with Crippen LogP contribution in [0.2, 0.25) is 0 Å². The first-order valence-electron chi connectivity index (χ1n) is 25.1. The van der Waals surface area contributed by atoms with Gasteiger partial charge in [-0.15, -0.1) is 0 Å². The van der Waals surface area contributed by atoms with Crippen LogP contribution >= 0.6 is 24.0 Å². The van der Waals surface area contributed by atoms with Crippen LogP contribution in [0.15, 0.2) is 36.4 Å². The fourth-order valence-electron chi connectivity index (χ4n) is 10.2. The number of nitrogens with zero attached hydrogens (tertiary/aromatic N) is 6. The number of Topliss-reactive ketones (excluding diaryl/α,β-unsaturated/α-hetero) is 2. The van der Waals surface area contributed by atoms with Gasteiger partial charge in [0.2, 0.25) is 5.91 Å². The molecule has 1 aliphatic carbocycles. The van der Waals surface area contributed by atoms with Crippen LogP contribution in [0, 0.1) is 63.1 Å². The molecule has 3 amide bonds. The normalized spacial score (nSPS) is 19.5. The van der Waals surface area contributed by atoms with Crippen molar-refractivity contribution < 1.29 is 113 Å². The van der Waals surface area contributed by atoms with Crippen LogP contribution in [0.5, 0.6) is 0 Å². The van der Waals surface area contributed by atoms with Gasteiger partial charge < -0.3 is 41.1 Å². The van der Waals surface area contributed by atoms with E-state index in [0.717, 1.165) is 10.5 Å². The van der Waals surface area contributed by atoms with Crippen molar-refractivity contribution in [1.29, 1.82) is 0 Å². The second kappa shape index (κ2) is 31.2. The minimum atomic E-state index is -1.15. The molecule has 2 saturated heterocycles. The van der Waals surface area contributed by atoms with E-state index in [1.165, 1.54) is 23.9 Å². The number of amides is 3. The molecule has 420 valence electrons. The number of anilines is 1. The Kier molecular flexibility index (Phi) is 26.2. The van der Waals surface area contributed by atoms with Crippen LogP contribution in [-0.2, 0) is 54.4 Å². The maximum absolute atomic E-state index is 13.5. The largest absolute Gasteiger partial charge is 0.481 e. The van der Waals surface area contributed by atoms with Crippen molar-refractivity contribution in [3.05, 3.63) is 42.0 Å². The number of carbonyl (C=O) groups excluding carboxylic acids is 5. The molecule has 26 heteroatoms. The zero-order valence-corrected chi connectivity index (χ0v) is 46.5. The maximum Gasteiger partial charge on any atom is 0.317 e. The standard InChI is InChI=1S/C50H70N8O15S2.Gd/c1-75-19-11-34(47(71)51-25-39(59)21-35(48(72)73)4-2-3-12-58-41(61)9-10-42(58)62)22-40(60)36-23-50(24-36)31-57(32-50)49(74)52-37-7-5-33(6-8-37)20-38-26-55(29-45(67)68)16-15-53(27-43(63)64)13-14-54(28-44(65)66)17-18-56(38)30-46(69)70;/h5-10,34-36,38H,2-4,11-32H2,1H3,(H,51,71)(H,52,74)(H,63,64)(H,65,66)(H,67,68)(H,69,70)(H,72,73);/t34-,35-,38?;/m1./s1. The van der Waals surface area contributed by atoms with Gasteiger partial charge in [-0.2, -0.15) is 11.8 Å². The van der Waals surface area contributed by atoms with E-state index in [4.69, 9.17) is 12.2 Å². The van der Waals surface area contributed by atoms with Gasteiger partial charge in [-0.05, 0) is 80.4 Å². The van der Waals surface area contributed by atoms with Gasteiger partial charge in [-0.3, -0.25) is 72.4 Å². The van der Waals surface area contributed by atoms with Crippen LogP contribution < -0.4 is 10.6 Å². The van der Waals surface area contributed by atoms with E-state index in [2.05, 4.69) is 10.6 Å². The third-order valence-electron chi connectivity index (χ3n) is 14.3. The zero-order chi connectivity index (χ0) is 54.8. The molecule has 0 radical (unpaired) electrons. The summed E-state index contributed by atoms with van der Waals surface area (Å²) < 4.78 is 0. The van der Waals surface area contributed by atoms with Gasteiger partial charge >= 0.3 is 29.8 Å². The molecule has 0 aromatic heterocycles.